The minimum absolute atomic E-state index is 0.813. The molecule has 0 atom stereocenters. The summed E-state index contributed by atoms with van der Waals surface area (Å²) in [4.78, 5) is 7.38. The van der Waals surface area contributed by atoms with E-state index in [1.807, 2.05) is 0 Å². The molecule has 1 aliphatic heterocycles. The zero-order chi connectivity index (χ0) is 15.1. The van der Waals surface area contributed by atoms with Crippen LogP contribution in [0, 0.1) is 5.92 Å². The maximum atomic E-state index is 4.89. The SMILES string of the molecule is CCCCn1cc(CC)nc1N(CC)CC1CCNCC1. The molecule has 1 aromatic rings. The molecule has 2 heterocycles. The smallest absolute Gasteiger partial charge is 0.205 e. The lowest BCUT2D eigenvalue weighted by Crippen LogP contribution is -2.37. The number of imidazole rings is 1. The molecule has 0 bridgehead atoms. The zero-order valence-electron chi connectivity index (χ0n) is 14.1. The Morgan fingerprint density at radius 1 is 1.29 bits per heavy atom. The third-order valence-electron chi connectivity index (χ3n) is 4.52. The molecule has 0 aromatic carbocycles. The van der Waals surface area contributed by atoms with Crippen molar-refractivity contribution in [2.45, 2.75) is 59.4 Å². The minimum atomic E-state index is 0.813. The average molecular weight is 292 g/mol. The third-order valence-corrected chi connectivity index (χ3v) is 4.52. The monoisotopic (exact) mass is 292 g/mol. The Balaban J connectivity index is 2.09. The first-order chi connectivity index (χ1) is 10.3. The van der Waals surface area contributed by atoms with Crippen LogP contribution in [-0.2, 0) is 13.0 Å². The molecule has 0 aliphatic carbocycles. The predicted molar refractivity (Wildman–Crippen MR) is 90.0 cm³/mol. The van der Waals surface area contributed by atoms with Crippen molar-refractivity contribution in [2.75, 3.05) is 31.1 Å². The number of hydrogen-bond acceptors (Lipinski definition) is 3. The fraction of sp³-hybridized carbons (Fsp3) is 0.824. The second kappa shape index (κ2) is 8.42. The molecule has 4 nitrogen and oxygen atoms in total. The van der Waals surface area contributed by atoms with Crippen LogP contribution in [-0.4, -0.2) is 35.7 Å². The van der Waals surface area contributed by atoms with E-state index in [-0.39, 0.29) is 0 Å². The van der Waals surface area contributed by atoms with Crippen LogP contribution in [0.1, 0.15) is 52.1 Å². The Morgan fingerprint density at radius 2 is 2.05 bits per heavy atom. The number of anilines is 1. The first-order valence-corrected chi connectivity index (χ1v) is 8.80. The van der Waals surface area contributed by atoms with E-state index in [9.17, 15) is 0 Å². The van der Waals surface area contributed by atoms with Gasteiger partial charge in [0.15, 0.2) is 0 Å². The highest BCUT2D eigenvalue weighted by atomic mass is 15.3. The van der Waals surface area contributed by atoms with Gasteiger partial charge in [0.05, 0.1) is 5.69 Å². The van der Waals surface area contributed by atoms with Crippen LogP contribution >= 0.6 is 0 Å². The second-order valence-electron chi connectivity index (χ2n) is 6.16. The predicted octanol–water partition coefficient (Wildman–Crippen LogP) is 3.07. The normalized spacial score (nSPS) is 16.3. The summed E-state index contributed by atoms with van der Waals surface area (Å²) in [7, 11) is 0. The maximum absolute atomic E-state index is 4.89. The van der Waals surface area contributed by atoms with Gasteiger partial charge in [0.25, 0.3) is 0 Å². The summed E-state index contributed by atoms with van der Waals surface area (Å²) in [5.41, 5.74) is 1.23. The Kier molecular flexibility index (Phi) is 6.55. The Bertz CT molecular complexity index is 407. The highest BCUT2D eigenvalue weighted by Crippen LogP contribution is 2.20. The first kappa shape index (κ1) is 16.3. The summed E-state index contributed by atoms with van der Waals surface area (Å²) in [5.74, 6) is 2.01. The van der Waals surface area contributed by atoms with Crippen LogP contribution in [0.15, 0.2) is 6.20 Å². The van der Waals surface area contributed by atoms with Crippen molar-refractivity contribution in [3.63, 3.8) is 0 Å². The van der Waals surface area contributed by atoms with Crippen LogP contribution in [0.2, 0.25) is 0 Å². The van der Waals surface area contributed by atoms with Crippen molar-refractivity contribution >= 4 is 5.95 Å². The summed E-state index contributed by atoms with van der Waals surface area (Å²) in [6.45, 7) is 12.4. The van der Waals surface area contributed by atoms with Gasteiger partial charge in [0, 0.05) is 25.8 Å². The van der Waals surface area contributed by atoms with Gasteiger partial charge >= 0.3 is 0 Å². The van der Waals surface area contributed by atoms with E-state index in [2.05, 4.69) is 41.8 Å². The number of nitrogens with one attached hydrogen (secondary N) is 1. The largest absolute Gasteiger partial charge is 0.342 e. The van der Waals surface area contributed by atoms with Gasteiger partial charge in [-0.15, -0.1) is 0 Å². The van der Waals surface area contributed by atoms with E-state index in [4.69, 9.17) is 4.98 Å². The summed E-state index contributed by atoms with van der Waals surface area (Å²) in [6.07, 6.45) is 8.35. The molecule has 2 rings (SSSR count). The molecule has 1 aliphatic rings. The van der Waals surface area contributed by atoms with Crippen molar-refractivity contribution in [3.8, 4) is 0 Å². The van der Waals surface area contributed by atoms with E-state index >= 15 is 0 Å². The third kappa shape index (κ3) is 4.47. The molecule has 4 heteroatoms. The van der Waals surface area contributed by atoms with Crippen LogP contribution < -0.4 is 10.2 Å². The maximum Gasteiger partial charge on any atom is 0.205 e. The Morgan fingerprint density at radius 3 is 2.67 bits per heavy atom. The summed E-state index contributed by atoms with van der Waals surface area (Å²) < 4.78 is 2.38. The highest BCUT2D eigenvalue weighted by Gasteiger charge is 2.20. The van der Waals surface area contributed by atoms with E-state index in [0.29, 0.717) is 0 Å². The first-order valence-electron chi connectivity index (χ1n) is 8.80. The molecule has 0 unspecified atom stereocenters. The van der Waals surface area contributed by atoms with E-state index < -0.39 is 0 Å². The molecule has 1 fully saturated rings. The van der Waals surface area contributed by atoms with E-state index in [1.54, 1.807) is 0 Å². The molecular weight excluding hydrogens is 260 g/mol. The van der Waals surface area contributed by atoms with Crippen molar-refractivity contribution in [3.05, 3.63) is 11.9 Å². The fourth-order valence-corrected chi connectivity index (χ4v) is 3.10. The number of piperidine rings is 1. The average Bonchev–Trinajstić information content (AvgIpc) is 2.94. The number of nitrogens with zero attached hydrogens (tertiary/aromatic N) is 3. The number of aryl methyl sites for hydroxylation is 2. The lowest BCUT2D eigenvalue weighted by atomic mass is 9.98. The van der Waals surface area contributed by atoms with E-state index in [1.165, 1.54) is 50.4 Å². The molecule has 0 saturated carbocycles. The number of hydrogen-bond donors (Lipinski definition) is 1. The molecule has 21 heavy (non-hydrogen) atoms. The topological polar surface area (TPSA) is 33.1 Å². The van der Waals surface area contributed by atoms with Crippen molar-refractivity contribution in [1.29, 1.82) is 0 Å². The van der Waals surface area contributed by atoms with Crippen LogP contribution in [0.5, 0.6) is 0 Å². The lowest BCUT2D eigenvalue weighted by molar-refractivity contribution is 0.372. The van der Waals surface area contributed by atoms with Crippen molar-refractivity contribution < 1.29 is 0 Å². The summed E-state index contributed by atoms with van der Waals surface area (Å²) in [5, 5.41) is 3.46. The minimum Gasteiger partial charge on any atom is -0.342 e. The molecule has 1 saturated heterocycles. The van der Waals surface area contributed by atoms with Crippen molar-refractivity contribution in [2.24, 2.45) is 5.92 Å². The molecule has 120 valence electrons. The fourth-order valence-electron chi connectivity index (χ4n) is 3.10. The van der Waals surface area contributed by atoms with Gasteiger partial charge < -0.3 is 14.8 Å². The van der Waals surface area contributed by atoms with E-state index in [0.717, 1.165) is 32.0 Å². The van der Waals surface area contributed by atoms with Gasteiger partial charge in [-0.1, -0.05) is 20.3 Å². The highest BCUT2D eigenvalue weighted by molar-refractivity contribution is 5.33. The van der Waals surface area contributed by atoms with Gasteiger partial charge in [0.2, 0.25) is 5.95 Å². The number of aromatic nitrogens is 2. The second-order valence-corrected chi connectivity index (χ2v) is 6.16. The van der Waals surface area contributed by atoms with Crippen LogP contribution in [0.3, 0.4) is 0 Å². The number of rotatable bonds is 8. The molecule has 1 aromatic heterocycles. The molecular formula is C17H32N4. The van der Waals surface area contributed by atoms with Gasteiger partial charge in [0.1, 0.15) is 0 Å². The van der Waals surface area contributed by atoms with Gasteiger partial charge in [-0.05, 0) is 51.6 Å². The quantitative estimate of drug-likeness (QED) is 0.799. The van der Waals surface area contributed by atoms with Crippen LogP contribution in [0.4, 0.5) is 5.95 Å². The van der Waals surface area contributed by atoms with Crippen molar-refractivity contribution in [1.82, 2.24) is 14.9 Å². The summed E-state index contributed by atoms with van der Waals surface area (Å²) >= 11 is 0. The Labute approximate surface area is 129 Å². The van der Waals surface area contributed by atoms with Crippen LogP contribution in [0.25, 0.3) is 0 Å². The molecule has 0 amide bonds. The molecule has 0 radical (unpaired) electrons. The molecule has 0 spiro atoms. The zero-order valence-corrected chi connectivity index (χ0v) is 14.1. The standard InChI is InChI=1S/C17H32N4/c1-4-7-12-21-14-16(5-2)19-17(21)20(6-3)13-15-8-10-18-11-9-15/h14-15,18H,4-13H2,1-3H3. The van der Waals surface area contributed by atoms with Gasteiger partial charge in [-0.25, -0.2) is 4.98 Å². The number of unbranched alkanes of at least 4 members (excludes halogenated alkanes) is 1. The summed E-state index contributed by atoms with van der Waals surface area (Å²) in [6, 6.07) is 0. The Hall–Kier alpha value is -1.03. The van der Waals surface area contributed by atoms with Gasteiger partial charge in [-0.3, -0.25) is 0 Å². The lowest BCUT2D eigenvalue weighted by Gasteiger charge is -2.30. The van der Waals surface area contributed by atoms with Gasteiger partial charge in [-0.2, -0.15) is 0 Å². The molecule has 1 N–H and O–H groups in total.